The number of likely N-dealkylation sites (tertiary alicyclic amines) is 2. The van der Waals surface area contributed by atoms with Crippen LogP contribution in [0.2, 0.25) is 0 Å². The molecule has 19 heavy (non-hydrogen) atoms. The minimum absolute atomic E-state index is 0.236. The second-order valence-electron chi connectivity index (χ2n) is 7.15. The van der Waals surface area contributed by atoms with Gasteiger partial charge in [0.2, 0.25) is 0 Å². The Morgan fingerprint density at radius 3 is 2.53 bits per heavy atom. The van der Waals surface area contributed by atoms with Gasteiger partial charge in [-0.3, -0.25) is 4.90 Å². The van der Waals surface area contributed by atoms with E-state index in [1.165, 1.54) is 0 Å². The van der Waals surface area contributed by atoms with Crippen molar-refractivity contribution in [2.45, 2.75) is 45.4 Å². The maximum atomic E-state index is 13.7. The summed E-state index contributed by atoms with van der Waals surface area (Å²) in [6.07, 6.45) is 0.385. The van der Waals surface area contributed by atoms with Gasteiger partial charge in [-0.2, -0.15) is 0 Å². The van der Waals surface area contributed by atoms with Crippen LogP contribution in [-0.4, -0.2) is 59.9 Å². The number of halogens is 1. The first-order valence-electron chi connectivity index (χ1n) is 7.04. The van der Waals surface area contributed by atoms with Crippen LogP contribution in [-0.2, 0) is 4.74 Å². The molecule has 0 bridgehead atoms. The second kappa shape index (κ2) is 4.93. The van der Waals surface area contributed by atoms with Crippen LogP contribution < -0.4 is 0 Å². The SMILES string of the molecule is CC(C)(C)OC(=O)N1CC(CN2CC[C@@](C)(F)C2)C1. The molecular formula is C14H25FN2O2. The molecule has 2 aliphatic heterocycles. The zero-order chi connectivity index (χ0) is 14.3. The summed E-state index contributed by atoms with van der Waals surface area (Å²) in [6, 6.07) is 0. The van der Waals surface area contributed by atoms with Crippen LogP contribution in [0.5, 0.6) is 0 Å². The van der Waals surface area contributed by atoms with E-state index in [4.69, 9.17) is 4.74 Å². The lowest BCUT2D eigenvalue weighted by atomic mass is 10.0. The molecule has 5 heteroatoms. The highest BCUT2D eigenvalue weighted by atomic mass is 19.1. The lowest BCUT2D eigenvalue weighted by molar-refractivity contribution is -0.00593. The highest BCUT2D eigenvalue weighted by Crippen LogP contribution is 2.27. The predicted octanol–water partition coefficient (Wildman–Crippen LogP) is 2.29. The van der Waals surface area contributed by atoms with Crippen LogP contribution in [0.25, 0.3) is 0 Å². The summed E-state index contributed by atoms with van der Waals surface area (Å²) in [4.78, 5) is 15.6. The van der Waals surface area contributed by atoms with Gasteiger partial charge < -0.3 is 9.64 Å². The van der Waals surface area contributed by atoms with Gasteiger partial charge >= 0.3 is 6.09 Å². The van der Waals surface area contributed by atoms with Gasteiger partial charge in [0.05, 0.1) is 0 Å². The Morgan fingerprint density at radius 2 is 2.05 bits per heavy atom. The molecule has 2 saturated heterocycles. The third kappa shape index (κ3) is 4.06. The van der Waals surface area contributed by atoms with Gasteiger partial charge in [0.1, 0.15) is 11.3 Å². The van der Waals surface area contributed by atoms with E-state index in [-0.39, 0.29) is 6.09 Å². The fraction of sp³-hybridized carbons (Fsp3) is 0.929. The summed E-state index contributed by atoms with van der Waals surface area (Å²) in [7, 11) is 0. The van der Waals surface area contributed by atoms with E-state index in [0.29, 0.717) is 18.9 Å². The first-order chi connectivity index (χ1) is 8.65. The molecule has 2 heterocycles. The van der Waals surface area contributed by atoms with E-state index in [0.717, 1.165) is 26.2 Å². The van der Waals surface area contributed by atoms with Crippen LogP contribution in [0, 0.1) is 5.92 Å². The molecule has 2 fully saturated rings. The van der Waals surface area contributed by atoms with E-state index in [2.05, 4.69) is 4.90 Å². The molecular weight excluding hydrogens is 247 g/mol. The standard InChI is InChI=1S/C14H25FN2O2/c1-13(2,3)19-12(18)17-8-11(9-17)7-16-6-5-14(4,15)10-16/h11H,5-10H2,1-4H3/t14-/m1/s1. The number of carbonyl (C=O) groups is 1. The molecule has 0 unspecified atom stereocenters. The third-order valence-electron chi connectivity index (χ3n) is 3.63. The molecule has 110 valence electrons. The number of nitrogens with zero attached hydrogens (tertiary/aromatic N) is 2. The van der Waals surface area contributed by atoms with Crippen molar-refractivity contribution in [1.82, 2.24) is 9.80 Å². The van der Waals surface area contributed by atoms with Crippen molar-refractivity contribution in [3.63, 3.8) is 0 Å². The van der Waals surface area contributed by atoms with E-state index < -0.39 is 11.3 Å². The van der Waals surface area contributed by atoms with Crippen LogP contribution in [0.1, 0.15) is 34.1 Å². The molecule has 1 atom stereocenters. The van der Waals surface area contributed by atoms with Crippen molar-refractivity contribution in [2.24, 2.45) is 5.92 Å². The normalized spacial score (nSPS) is 29.4. The van der Waals surface area contributed by atoms with Crippen molar-refractivity contribution < 1.29 is 13.9 Å². The number of hydrogen-bond donors (Lipinski definition) is 0. The number of carbonyl (C=O) groups excluding carboxylic acids is 1. The maximum absolute atomic E-state index is 13.7. The summed E-state index contributed by atoms with van der Waals surface area (Å²) in [5, 5.41) is 0. The molecule has 0 spiro atoms. The maximum Gasteiger partial charge on any atom is 0.410 e. The highest BCUT2D eigenvalue weighted by molar-refractivity contribution is 5.69. The van der Waals surface area contributed by atoms with E-state index in [1.807, 2.05) is 20.8 Å². The minimum Gasteiger partial charge on any atom is -0.444 e. The molecule has 1 amide bonds. The van der Waals surface area contributed by atoms with Gasteiger partial charge in [-0.05, 0) is 34.1 Å². The summed E-state index contributed by atoms with van der Waals surface area (Å²) in [5.41, 5.74) is -1.47. The van der Waals surface area contributed by atoms with E-state index in [9.17, 15) is 9.18 Å². The number of hydrogen-bond acceptors (Lipinski definition) is 3. The molecule has 0 aromatic rings. The van der Waals surface area contributed by atoms with Crippen molar-refractivity contribution in [1.29, 1.82) is 0 Å². The number of amides is 1. The Hall–Kier alpha value is -0.840. The molecule has 0 radical (unpaired) electrons. The monoisotopic (exact) mass is 272 g/mol. The molecule has 0 N–H and O–H groups in total. The molecule has 4 nitrogen and oxygen atoms in total. The van der Waals surface area contributed by atoms with Crippen LogP contribution in [0.4, 0.5) is 9.18 Å². The van der Waals surface area contributed by atoms with Gasteiger partial charge in [0.25, 0.3) is 0 Å². The van der Waals surface area contributed by atoms with Crippen molar-refractivity contribution in [3.05, 3.63) is 0 Å². The van der Waals surface area contributed by atoms with Gasteiger partial charge in [0, 0.05) is 38.6 Å². The molecule has 0 aliphatic carbocycles. The van der Waals surface area contributed by atoms with Gasteiger partial charge in [0.15, 0.2) is 0 Å². The van der Waals surface area contributed by atoms with Gasteiger partial charge in [-0.1, -0.05) is 0 Å². The second-order valence-corrected chi connectivity index (χ2v) is 7.15. The predicted molar refractivity (Wildman–Crippen MR) is 71.9 cm³/mol. The minimum atomic E-state index is -1.03. The van der Waals surface area contributed by atoms with Crippen molar-refractivity contribution in [2.75, 3.05) is 32.7 Å². The first kappa shape index (κ1) is 14.6. The van der Waals surface area contributed by atoms with Crippen LogP contribution >= 0.6 is 0 Å². The zero-order valence-corrected chi connectivity index (χ0v) is 12.4. The Morgan fingerprint density at radius 1 is 1.42 bits per heavy atom. The van der Waals surface area contributed by atoms with Crippen molar-refractivity contribution in [3.8, 4) is 0 Å². The van der Waals surface area contributed by atoms with Gasteiger partial charge in [-0.25, -0.2) is 9.18 Å². The molecule has 0 saturated carbocycles. The Bertz CT molecular complexity index is 346. The average Bonchev–Trinajstić information content (AvgIpc) is 2.48. The van der Waals surface area contributed by atoms with E-state index in [1.54, 1.807) is 11.8 Å². The Kier molecular flexibility index (Phi) is 3.78. The first-order valence-corrected chi connectivity index (χ1v) is 7.04. The fourth-order valence-corrected chi connectivity index (χ4v) is 2.70. The average molecular weight is 272 g/mol. The molecule has 0 aromatic heterocycles. The molecule has 2 rings (SSSR count). The largest absolute Gasteiger partial charge is 0.444 e. The number of ether oxygens (including phenoxy) is 1. The lowest BCUT2D eigenvalue weighted by Crippen LogP contribution is -2.54. The molecule has 2 aliphatic rings. The topological polar surface area (TPSA) is 32.8 Å². The Labute approximate surface area is 114 Å². The van der Waals surface area contributed by atoms with E-state index >= 15 is 0 Å². The lowest BCUT2D eigenvalue weighted by Gasteiger charge is -2.41. The highest BCUT2D eigenvalue weighted by Gasteiger charge is 2.38. The fourth-order valence-electron chi connectivity index (χ4n) is 2.70. The smallest absolute Gasteiger partial charge is 0.410 e. The molecule has 0 aromatic carbocycles. The van der Waals surface area contributed by atoms with Crippen LogP contribution in [0.3, 0.4) is 0 Å². The number of rotatable bonds is 2. The summed E-state index contributed by atoms with van der Waals surface area (Å²) in [5.74, 6) is 0.460. The number of alkyl halides is 1. The summed E-state index contributed by atoms with van der Waals surface area (Å²) < 4.78 is 19.0. The van der Waals surface area contributed by atoms with Crippen molar-refractivity contribution >= 4 is 6.09 Å². The Balaban J connectivity index is 1.68. The quantitative estimate of drug-likeness (QED) is 0.773. The zero-order valence-electron chi connectivity index (χ0n) is 12.4. The van der Waals surface area contributed by atoms with Gasteiger partial charge in [-0.15, -0.1) is 0 Å². The summed E-state index contributed by atoms with van der Waals surface area (Å²) >= 11 is 0. The third-order valence-corrected chi connectivity index (χ3v) is 3.63. The van der Waals surface area contributed by atoms with Crippen LogP contribution in [0.15, 0.2) is 0 Å². The summed E-state index contributed by atoms with van der Waals surface area (Å²) in [6.45, 7) is 11.0.